The molecule has 2 amide bonds. The second kappa shape index (κ2) is 5.20. The Hall–Kier alpha value is -2.67. The van der Waals surface area contributed by atoms with E-state index in [0.717, 1.165) is 11.1 Å². The van der Waals surface area contributed by atoms with Crippen LogP contribution in [0.1, 0.15) is 31.8 Å². The summed E-state index contributed by atoms with van der Waals surface area (Å²) in [5.74, 6) is -1.11. The van der Waals surface area contributed by atoms with Gasteiger partial charge in [0.15, 0.2) is 0 Å². The van der Waals surface area contributed by atoms with Crippen LogP contribution in [0.5, 0.6) is 0 Å². The van der Waals surface area contributed by atoms with Gasteiger partial charge in [-0.2, -0.15) is 0 Å². The minimum atomic E-state index is -3.85. The molecule has 0 atom stereocenters. The van der Waals surface area contributed by atoms with Gasteiger partial charge in [0.2, 0.25) is 0 Å². The van der Waals surface area contributed by atoms with E-state index in [9.17, 15) is 18.0 Å². The van der Waals surface area contributed by atoms with Crippen molar-refractivity contribution in [1.29, 1.82) is 0 Å². The third kappa shape index (κ3) is 2.70. The van der Waals surface area contributed by atoms with E-state index in [4.69, 9.17) is 0 Å². The van der Waals surface area contributed by atoms with Crippen molar-refractivity contribution in [2.45, 2.75) is 18.7 Å². The Morgan fingerprint density at radius 2 is 1.57 bits per heavy atom. The molecule has 2 N–H and O–H groups in total. The number of aryl methyl sites for hydroxylation is 2. The molecule has 1 heterocycles. The third-order valence-corrected chi connectivity index (χ3v) is 5.16. The van der Waals surface area contributed by atoms with E-state index in [1.807, 2.05) is 19.9 Å². The molecule has 6 nitrogen and oxygen atoms in total. The van der Waals surface area contributed by atoms with E-state index >= 15 is 0 Å². The van der Waals surface area contributed by atoms with Gasteiger partial charge >= 0.3 is 0 Å². The molecule has 7 heteroatoms. The molecule has 0 saturated heterocycles. The van der Waals surface area contributed by atoms with Crippen LogP contribution in [0.3, 0.4) is 0 Å². The first kappa shape index (κ1) is 15.2. The Morgan fingerprint density at radius 3 is 2.26 bits per heavy atom. The lowest BCUT2D eigenvalue weighted by Gasteiger charge is -2.10. The Kier molecular flexibility index (Phi) is 3.45. The monoisotopic (exact) mass is 330 g/mol. The molecule has 3 rings (SSSR count). The maximum Gasteiger partial charge on any atom is 0.261 e. The molecule has 118 valence electrons. The number of benzene rings is 2. The minimum Gasteiger partial charge on any atom is -0.288 e. The average molecular weight is 330 g/mol. The van der Waals surface area contributed by atoms with Gasteiger partial charge in [-0.15, -0.1) is 0 Å². The summed E-state index contributed by atoms with van der Waals surface area (Å²) in [4.78, 5) is 23.1. The molecule has 2 aromatic rings. The summed E-state index contributed by atoms with van der Waals surface area (Å²) >= 11 is 0. The van der Waals surface area contributed by atoms with Crippen LogP contribution in [0, 0.1) is 13.8 Å². The van der Waals surface area contributed by atoms with Crippen LogP contribution >= 0.6 is 0 Å². The molecule has 0 radical (unpaired) electrons. The van der Waals surface area contributed by atoms with Crippen molar-refractivity contribution in [2.75, 3.05) is 4.72 Å². The molecule has 0 fully saturated rings. The van der Waals surface area contributed by atoms with Crippen LogP contribution in [0.2, 0.25) is 0 Å². The number of rotatable bonds is 3. The average Bonchev–Trinajstić information content (AvgIpc) is 2.77. The van der Waals surface area contributed by atoms with Gasteiger partial charge in [-0.3, -0.25) is 19.6 Å². The topological polar surface area (TPSA) is 92.3 Å². The maximum absolute atomic E-state index is 12.5. The smallest absolute Gasteiger partial charge is 0.261 e. The van der Waals surface area contributed by atoms with Crippen LogP contribution in [-0.4, -0.2) is 20.2 Å². The maximum atomic E-state index is 12.5. The highest BCUT2D eigenvalue weighted by molar-refractivity contribution is 7.92. The quantitative estimate of drug-likeness (QED) is 0.842. The summed E-state index contributed by atoms with van der Waals surface area (Å²) < 4.78 is 27.4. The fraction of sp³-hybridized carbons (Fsp3) is 0.125. The molecule has 0 aromatic heterocycles. The third-order valence-electron chi connectivity index (χ3n) is 3.78. The van der Waals surface area contributed by atoms with Gasteiger partial charge in [0.25, 0.3) is 21.8 Å². The van der Waals surface area contributed by atoms with Gasteiger partial charge in [0, 0.05) is 5.69 Å². The highest BCUT2D eigenvalue weighted by atomic mass is 32.2. The molecule has 1 aliphatic heterocycles. The Morgan fingerprint density at radius 1 is 0.870 bits per heavy atom. The first-order valence-corrected chi connectivity index (χ1v) is 8.36. The molecule has 0 bridgehead atoms. The molecule has 1 aliphatic rings. The van der Waals surface area contributed by atoms with Gasteiger partial charge in [-0.05, 0) is 55.3 Å². The predicted molar refractivity (Wildman–Crippen MR) is 85.0 cm³/mol. The second-order valence-electron chi connectivity index (χ2n) is 5.40. The molecule has 2 aromatic carbocycles. The standard InChI is InChI=1S/C16H14N2O4S/c1-9-3-4-11(7-10(9)2)18-23(21,22)12-5-6-13-14(8-12)16(20)17-15(13)19/h3-8,18H,1-2H3,(H,17,19,20). The highest BCUT2D eigenvalue weighted by Crippen LogP contribution is 2.23. The SMILES string of the molecule is Cc1ccc(NS(=O)(=O)c2ccc3c(c2)C(=O)NC3=O)cc1C. The van der Waals surface area contributed by atoms with Crippen LogP contribution in [0.25, 0.3) is 0 Å². The zero-order valence-electron chi connectivity index (χ0n) is 12.5. The molecular weight excluding hydrogens is 316 g/mol. The largest absolute Gasteiger partial charge is 0.288 e. The van der Waals surface area contributed by atoms with Gasteiger partial charge in [0.1, 0.15) is 0 Å². The van der Waals surface area contributed by atoms with Crippen LogP contribution in [0.4, 0.5) is 5.69 Å². The van der Waals surface area contributed by atoms with Gasteiger partial charge < -0.3 is 0 Å². The molecule has 23 heavy (non-hydrogen) atoms. The highest BCUT2D eigenvalue weighted by Gasteiger charge is 2.28. The van der Waals surface area contributed by atoms with Crippen molar-refractivity contribution in [1.82, 2.24) is 5.32 Å². The Bertz CT molecular complexity index is 949. The number of sulfonamides is 1. The molecule has 0 spiro atoms. The lowest BCUT2D eigenvalue weighted by atomic mass is 10.1. The normalized spacial score (nSPS) is 13.7. The zero-order valence-corrected chi connectivity index (χ0v) is 13.3. The van der Waals surface area contributed by atoms with Crippen molar-refractivity contribution in [2.24, 2.45) is 0 Å². The summed E-state index contributed by atoms with van der Waals surface area (Å²) in [6.07, 6.45) is 0. The molecule has 0 aliphatic carbocycles. The number of nitrogens with one attached hydrogen (secondary N) is 2. The first-order valence-electron chi connectivity index (χ1n) is 6.88. The second-order valence-corrected chi connectivity index (χ2v) is 7.08. The number of hydrogen-bond acceptors (Lipinski definition) is 4. The Labute approximate surface area is 133 Å². The van der Waals surface area contributed by atoms with E-state index in [2.05, 4.69) is 10.0 Å². The van der Waals surface area contributed by atoms with Gasteiger partial charge in [-0.1, -0.05) is 6.07 Å². The first-order chi connectivity index (χ1) is 10.8. The Balaban J connectivity index is 1.97. The summed E-state index contributed by atoms with van der Waals surface area (Å²) in [6, 6.07) is 9.08. The number of amides is 2. The van der Waals surface area contributed by atoms with Crippen molar-refractivity contribution >= 4 is 27.5 Å². The number of anilines is 1. The van der Waals surface area contributed by atoms with Crippen LogP contribution in [-0.2, 0) is 10.0 Å². The van der Waals surface area contributed by atoms with E-state index in [0.29, 0.717) is 5.69 Å². The van der Waals surface area contributed by atoms with E-state index in [1.165, 1.54) is 18.2 Å². The fourth-order valence-corrected chi connectivity index (χ4v) is 3.41. The fourth-order valence-electron chi connectivity index (χ4n) is 2.33. The molecule has 0 saturated carbocycles. The number of fused-ring (bicyclic) bond motifs is 1. The van der Waals surface area contributed by atoms with E-state index in [-0.39, 0.29) is 16.0 Å². The lowest BCUT2D eigenvalue weighted by molar-refractivity contribution is 0.0879. The number of carbonyl (C=O) groups excluding carboxylic acids is 2. The predicted octanol–water partition coefficient (Wildman–Crippen LogP) is 1.99. The van der Waals surface area contributed by atoms with E-state index in [1.54, 1.807) is 12.1 Å². The number of carbonyl (C=O) groups is 2. The van der Waals surface area contributed by atoms with Gasteiger partial charge in [-0.25, -0.2) is 8.42 Å². The lowest BCUT2D eigenvalue weighted by Crippen LogP contribution is -2.19. The van der Waals surface area contributed by atoms with Crippen molar-refractivity contribution < 1.29 is 18.0 Å². The summed E-state index contributed by atoms with van der Waals surface area (Å²) in [7, 11) is -3.85. The summed E-state index contributed by atoms with van der Waals surface area (Å²) in [5.41, 5.74) is 2.71. The zero-order chi connectivity index (χ0) is 16.8. The minimum absolute atomic E-state index is 0.0676. The van der Waals surface area contributed by atoms with Gasteiger partial charge in [0.05, 0.1) is 16.0 Å². The van der Waals surface area contributed by atoms with Crippen LogP contribution in [0.15, 0.2) is 41.3 Å². The van der Waals surface area contributed by atoms with Crippen LogP contribution < -0.4 is 10.0 Å². The van der Waals surface area contributed by atoms with Crippen molar-refractivity contribution in [3.63, 3.8) is 0 Å². The van der Waals surface area contributed by atoms with E-state index < -0.39 is 21.8 Å². The number of hydrogen-bond donors (Lipinski definition) is 2. The molecule has 0 unspecified atom stereocenters. The molecular formula is C16H14N2O4S. The van der Waals surface area contributed by atoms with Crippen molar-refractivity contribution in [3.8, 4) is 0 Å². The summed E-state index contributed by atoms with van der Waals surface area (Å²) in [5, 5.41) is 2.13. The van der Waals surface area contributed by atoms with Crippen molar-refractivity contribution in [3.05, 3.63) is 58.7 Å². The number of imide groups is 1. The summed E-state index contributed by atoms with van der Waals surface area (Å²) in [6.45, 7) is 3.82.